The van der Waals surface area contributed by atoms with Crippen LogP contribution in [0.4, 0.5) is 0 Å². The van der Waals surface area contributed by atoms with Gasteiger partial charge < -0.3 is 10.5 Å². The maximum Gasteiger partial charge on any atom is 0.135 e. The largest absolute Gasteiger partial charge is 0.457 e. The first-order valence-corrected chi connectivity index (χ1v) is 6.91. The SMILES string of the molecule is Cc1cc(Oc2ccc(Br)cc2C)c(CN)c(C)n1. The number of ether oxygens (including phenoxy) is 1. The molecule has 0 amide bonds. The van der Waals surface area contributed by atoms with E-state index in [1.807, 2.05) is 45.0 Å². The molecule has 0 fully saturated rings. The highest BCUT2D eigenvalue weighted by Crippen LogP contribution is 2.30. The normalized spacial score (nSPS) is 10.6. The Bertz CT molecular complexity index is 611. The van der Waals surface area contributed by atoms with E-state index in [-0.39, 0.29) is 0 Å². The van der Waals surface area contributed by atoms with Crippen LogP contribution in [0.15, 0.2) is 28.7 Å². The third-order valence-corrected chi connectivity index (χ3v) is 3.47. The number of pyridine rings is 1. The van der Waals surface area contributed by atoms with E-state index < -0.39 is 0 Å². The number of halogens is 1. The van der Waals surface area contributed by atoms with Crippen LogP contribution in [0.3, 0.4) is 0 Å². The summed E-state index contributed by atoms with van der Waals surface area (Å²) in [7, 11) is 0. The summed E-state index contributed by atoms with van der Waals surface area (Å²) < 4.78 is 7.05. The van der Waals surface area contributed by atoms with Crippen molar-refractivity contribution in [3.8, 4) is 11.5 Å². The van der Waals surface area contributed by atoms with Gasteiger partial charge in [0.05, 0.1) is 0 Å². The van der Waals surface area contributed by atoms with Crippen LogP contribution in [0.25, 0.3) is 0 Å². The first kappa shape index (κ1) is 14.0. The Hall–Kier alpha value is -1.39. The summed E-state index contributed by atoms with van der Waals surface area (Å²) >= 11 is 3.45. The van der Waals surface area contributed by atoms with Gasteiger partial charge >= 0.3 is 0 Å². The van der Waals surface area contributed by atoms with Crippen molar-refractivity contribution < 1.29 is 4.74 Å². The molecule has 0 spiro atoms. The first-order valence-electron chi connectivity index (χ1n) is 6.12. The number of aromatic nitrogens is 1. The fourth-order valence-corrected chi connectivity index (χ4v) is 2.48. The highest BCUT2D eigenvalue weighted by Gasteiger charge is 2.10. The van der Waals surface area contributed by atoms with Gasteiger partial charge in [0.25, 0.3) is 0 Å². The summed E-state index contributed by atoms with van der Waals surface area (Å²) in [6, 6.07) is 7.87. The van der Waals surface area contributed by atoms with Gasteiger partial charge in [-0.1, -0.05) is 15.9 Å². The van der Waals surface area contributed by atoms with Crippen LogP contribution in [0.5, 0.6) is 11.5 Å². The third kappa shape index (κ3) is 3.14. The molecular formula is C15H17BrN2O. The minimum absolute atomic E-state index is 0.421. The second kappa shape index (κ2) is 5.72. The highest BCUT2D eigenvalue weighted by atomic mass is 79.9. The molecule has 0 atom stereocenters. The van der Waals surface area contributed by atoms with E-state index in [0.717, 1.165) is 38.5 Å². The molecule has 0 bridgehead atoms. The summed E-state index contributed by atoms with van der Waals surface area (Å²) in [5, 5.41) is 0. The average Bonchev–Trinajstić information content (AvgIpc) is 2.32. The number of nitrogens with two attached hydrogens (primary N) is 1. The number of benzene rings is 1. The van der Waals surface area contributed by atoms with Gasteiger partial charge in [-0.25, -0.2) is 0 Å². The van der Waals surface area contributed by atoms with E-state index in [4.69, 9.17) is 10.5 Å². The third-order valence-electron chi connectivity index (χ3n) is 2.98. The molecule has 1 aromatic heterocycles. The highest BCUT2D eigenvalue weighted by molar-refractivity contribution is 9.10. The van der Waals surface area contributed by atoms with Gasteiger partial charge in [0.15, 0.2) is 0 Å². The van der Waals surface area contributed by atoms with Crippen molar-refractivity contribution in [2.45, 2.75) is 27.3 Å². The molecule has 2 aromatic rings. The number of rotatable bonds is 3. The lowest BCUT2D eigenvalue weighted by Gasteiger charge is -2.14. The smallest absolute Gasteiger partial charge is 0.135 e. The van der Waals surface area contributed by atoms with Crippen LogP contribution >= 0.6 is 15.9 Å². The van der Waals surface area contributed by atoms with E-state index in [1.165, 1.54) is 0 Å². The van der Waals surface area contributed by atoms with E-state index in [0.29, 0.717) is 6.54 Å². The summed E-state index contributed by atoms with van der Waals surface area (Å²) in [5.74, 6) is 1.63. The van der Waals surface area contributed by atoms with Gasteiger partial charge in [0.1, 0.15) is 11.5 Å². The first-order chi connectivity index (χ1) is 9.01. The van der Waals surface area contributed by atoms with E-state index in [9.17, 15) is 0 Å². The maximum atomic E-state index is 6.01. The number of nitrogens with zero attached hydrogens (tertiary/aromatic N) is 1. The monoisotopic (exact) mass is 320 g/mol. The number of hydrogen-bond donors (Lipinski definition) is 1. The number of hydrogen-bond acceptors (Lipinski definition) is 3. The minimum Gasteiger partial charge on any atom is -0.457 e. The summed E-state index contributed by atoms with van der Waals surface area (Å²) in [5.41, 5.74) is 9.67. The fraction of sp³-hybridized carbons (Fsp3) is 0.267. The molecule has 0 radical (unpaired) electrons. The Kier molecular flexibility index (Phi) is 4.22. The van der Waals surface area contributed by atoms with Gasteiger partial charge in [-0.15, -0.1) is 0 Å². The predicted octanol–water partition coefficient (Wildman–Crippen LogP) is 4.02. The van der Waals surface area contributed by atoms with Gasteiger partial charge in [0.2, 0.25) is 0 Å². The van der Waals surface area contributed by atoms with Crippen molar-refractivity contribution in [3.63, 3.8) is 0 Å². The molecule has 2 N–H and O–H groups in total. The minimum atomic E-state index is 0.421. The van der Waals surface area contributed by atoms with Crippen LogP contribution in [-0.2, 0) is 6.54 Å². The second-order valence-electron chi connectivity index (χ2n) is 4.54. The summed E-state index contributed by atoms with van der Waals surface area (Å²) in [4.78, 5) is 4.42. The van der Waals surface area contributed by atoms with Gasteiger partial charge in [-0.2, -0.15) is 0 Å². The van der Waals surface area contributed by atoms with E-state index in [1.54, 1.807) is 0 Å². The van der Waals surface area contributed by atoms with Crippen molar-refractivity contribution in [2.24, 2.45) is 5.73 Å². The van der Waals surface area contributed by atoms with Crippen molar-refractivity contribution in [1.29, 1.82) is 0 Å². The molecule has 0 aliphatic carbocycles. The zero-order valence-corrected chi connectivity index (χ0v) is 12.9. The quantitative estimate of drug-likeness (QED) is 0.929. The lowest BCUT2D eigenvalue weighted by Crippen LogP contribution is -2.05. The second-order valence-corrected chi connectivity index (χ2v) is 5.46. The average molecular weight is 321 g/mol. The molecule has 4 heteroatoms. The summed E-state index contributed by atoms with van der Waals surface area (Å²) in [6.07, 6.45) is 0. The Morgan fingerprint density at radius 1 is 1.16 bits per heavy atom. The zero-order chi connectivity index (χ0) is 14.0. The Balaban J connectivity index is 2.42. The zero-order valence-electron chi connectivity index (χ0n) is 11.3. The molecule has 0 saturated carbocycles. The van der Waals surface area contributed by atoms with Crippen molar-refractivity contribution >= 4 is 15.9 Å². The van der Waals surface area contributed by atoms with Crippen LogP contribution in [0, 0.1) is 20.8 Å². The molecule has 0 unspecified atom stereocenters. The Morgan fingerprint density at radius 2 is 1.89 bits per heavy atom. The van der Waals surface area contributed by atoms with Gasteiger partial charge in [0, 0.05) is 34.0 Å². The summed E-state index contributed by atoms with van der Waals surface area (Å²) in [6.45, 7) is 6.35. The molecule has 1 aromatic carbocycles. The lowest BCUT2D eigenvalue weighted by molar-refractivity contribution is 0.470. The molecular weight excluding hydrogens is 304 g/mol. The van der Waals surface area contributed by atoms with Crippen molar-refractivity contribution in [2.75, 3.05) is 0 Å². The van der Waals surface area contributed by atoms with Crippen molar-refractivity contribution in [3.05, 3.63) is 51.3 Å². The maximum absolute atomic E-state index is 6.01. The Labute approximate surface area is 121 Å². The lowest BCUT2D eigenvalue weighted by atomic mass is 10.1. The molecule has 1 heterocycles. The predicted molar refractivity (Wildman–Crippen MR) is 80.6 cm³/mol. The number of aryl methyl sites for hydroxylation is 3. The van der Waals surface area contributed by atoms with Crippen LogP contribution in [-0.4, -0.2) is 4.98 Å². The molecule has 0 saturated heterocycles. The molecule has 100 valence electrons. The fourth-order valence-electron chi connectivity index (χ4n) is 2.00. The van der Waals surface area contributed by atoms with Gasteiger partial charge in [-0.05, 0) is 44.5 Å². The topological polar surface area (TPSA) is 48.1 Å². The van der Waals surface area contributed by atoms with Gasteiger partial charge in [-0.3, -0.25) is 4.98 Å². The van der Waals surface area contributed by atoms with E-state index >= 15 is 0 Å². The standard InChI is InChI=1S/C15H17BrN2O/c1-9-6-12(16)4-5-14(9)19-15-7-10(2)18-11(3)13(15)8-17/h4-7H,8,17H2,1-3H3. The van der Waals surface area contributed by atoms with Crippen molar-refractivity contribution in [1.82, 2.24) is 4.98 Å². The molecule has 2 rings (SSSR count). The Morgan fingerprint density at radius 3 is 2.53 bits per heavy atom. The molecule has 0 aliphatic rings. The van der Waals surface area contributed by atoms with E-state index in [2.05, 4.69) is 20.9 Å². The molecule has 0 aliphatic heterocycles. The van der Waals surface area contributed by atoms with Crippen LogP contribution in [0.1, 0.15) is 22.5 Å². The molecule has 3 nitrogen and oxygen atoms in total. The van der Waals surface area contributed by atoms with Crippen LogP contribution in [0.2, 0.25) is 0 Å². The van der Waals surface area contributed by atoms with Crippen LogP contribution < -0.4 is 10.5 Å². The molecule has 19 heavy (non-hydrogen) atoms.